The van der Waals surface area contributed by atoms with Crippen molar-refractivity contribution in [1.82, 2.24) is 24.6 Å². The summed E-state index contributed by atoms with van der Waals surface area (Å²) in [6, 6.07) is 17.0. The minimum Gasteiger partial charge on any atom is -0.352 e. The van der Waals surface area contributed by atoms with Gasteiger partial charge in [0, 0.05) is 31.0 Å². The molecule has 2 aromatic carbocycles. The lowest BCUT2D eigenvalue weighted by Gasteiger charge is -2.11. The highest BCUT2D eigenvalue weighted by Crippen LogP contribution is 2.20. The fraction of sp³-hybridized carbons (Fsp3) is 0.250. The molecule has 0 radical (unpaired) electrons. The first-order chi connectivity index (χ1) is 15.5. The second-order valence-corrected chi connectivity index (χ2v) is 7.95. The SMILES string of the molecule is CCn1c(=O)c(CCC(=O)NCc2ccc(Cl)cc2)nc2c(C)nn(-c3ccccc3)c21. The first-order valence-electron chi connectivity index (χ1n) is 10.5. The lowest BCUT2D eigenvalue weighted by Crippen LogP contribution is -2.28. The van der Waals surface area contributed by atoms with Gasteiger partial charge in [0.25, 0.3) is 5.56 Å². The van der Waals surface area contributed by atoms with Gasteiger partial charge in [0.05, 0.1) is 11.4 Å². The van der Waals surface area contributed by atoms with Crippen molar-refractivity contribution in [2.45, 2.75) is 39.8 Å². The molecule has 0 saturated carbocycles. The number of para-hydroxylation sites is 1. The highest BCUT2D eigenvalue weighted by Gasteiger charge is 2.19. The zero-order valence-corrected chi connectivity index (χ0v) is 18.8. The number of benzene rings is 2. The minimum absolute atomic E-state index is 0.138. The third-order valence-electron chi connectivity index (χ3n) is 5.31. The molecule has 4 rings (SSSR count). The summed E-state index contributed by atoms with van der Waals surface area (Å²) in [7, 11) is 0. The van der Waals surface area contributed by atoms with E-state index in [0.29, 0.717) is 35.0 Å². The average Bonchev–Trinajstić information content (AvgIpc) is 3.14. The van der Waals surface area contributed by atoms with E-state index in [-0.39, 0.29) is 24.3 Å². The first-order valence-corrected chi connectivity index (χ1v) is 10.9. The molecule has 0 aliphatic heterocycles. The summed E-state index contributed by atoms with van der Waals surface area (Å²) >= 11 is 5.89. The molecule has 0 aliphatic carbocycles. The Morgan fingerprint density at radius 1 is 1.09 bits per heavy atom. The number of nitrogens with one attached hydrogen (secondary N) is 1. The van der Waals surface area contributed by atoms with Gasteiger partial charge in [-0.1, -0.05) is 41.9 Å². The highest BCUT2D eigenvalue weighted by molar-refractivity contribution is 6.30. The van der Waals surface area contributed by atoms with E-state index in [9.17, 15) is 9.59 Å². The number of nitrogens with zero attached hydrogens (tertiary/aromatic N) is 4. The van der Waals surface area contributed by atoms with Gasteiger partial charge in [-0.3, -0.25) is 14.2 Å². The zero-order valence-electron chi connectivity index (χ0n) is 18.0. The number of fused-ring (bicyclic) bond motifs is 1. The molecule has 0 atom stereocenters. The number of hydrogen-bond donors (Lipinski definition) is 1. The van der Waals surface area contributed by atoms with Crippen molar-refractivity contribution in [3.63, 3.8) is 0 Å². The summed E-state index contributed by atoms with van der Waals surface area (Å²) in [5.74, 6) is -0.138. The molecular weight excluding hydrogens is 426 g/mol. The van der Waals surface area contributed by atoms with Gasteiger partial charge < -0.3 is 5.32 Å². The molecule has 2 heterocycles. The van der Waals surface area contributed by atoms with Crippen LogP contribution in [0.4, 0.5) is 0 Å². The van der Waals surface area contributed by atoms with Crippen molar-refractivity contribution in [1.29, 1.82) is 0 Å². The van der Waals surface area contributed by atoms with Crippen LogP contribution in [0.25, 0.3) is 16.9 Å². The van der Waals surface area contributed by atoms with E-state index in [4.69, 9.17) is 11.6 Å². The Bertz CT molecular complexity index is 1310. The molecule has 7 nitrogen and oxygen atoms in total. The Labute approximate surface area is 190 Å². The lowest BCUT2D eigenvalue weighted by molar-refractivity contribution is -0.121. The van der Waals surface area contributed by atoms with Gasteiger partial charge in [0.2, 0.25) is 5.91 Å². The molecule has 0 unspecified atom stereocenters. The molecule has 8 heteroatoms. The molecular formula is C24H24ClN5O2. The number of amides is 1. The number of aryl methyl sites for hydroxylation is 3. The monoisotopic (exact) mass is 449 g/mol. The molecule has 0 bridgehead atoms. The Balaban J connectivity index is 1.56. The van der Waals surface area contributed by atoms with Crippen LogP contribution in [-0.2, 0) is 24.3 Å². The maximum absolute atomic E-state index is 13.1. The van der Waals surface area contributed by atoms with Crippen LogP contribution in [0.1, 0.15) is 30.3 Å². The lowest BCUT2D eigenvalue weighted by atomic mass is 10.2. The van der Waals surface area contributed by atoms with Gasteiger partial charge in [0.1, 0.15) is 11.2 Å². The molecule has 164 valence electrons. The van der Waals surface area contributed by atoms with Crippen LogP contribution in [-0.4, -0.2) is 25.2 Å². The Morgan fingerprint density at radius 3 is 2.50 bits per heavy atom. The summed E-state index contributed by atoms with van der Waals surface area (Å²) < 4.78 is 3.43. The number of hydrogen-bond acceptors (Lipinski definition) is 4. The van der Waals surface area contributed by atoms with E-state index < -0.39 is 0 Å². The van der Waals surface area contributed by atoms with Gasteiger partial charge in [-0.05, 0) is 43.7 Å². The van der Waals surface area contributed by atoms with E-state index in [1.54, 1.807) is 21.4 Å². The molecule has 0 saturated heterocycles. The molecule has 0 spiro atoms. The normalized spacial score (nSPS) is 11.1. The van der Waals surface area contributed by atoms with Crippen molar-refractivity contribution in [3.8, 4) is 5.69 Å². The van der Waals surface area contributed by atoms with Gasteiger partial charge in [-0.15, -0.1) is 0 Å². The highest BCUT2D eigenvalue weighted by atomic mass is 35.5. The maximum Gasteiger partial charge on any atom is 0.273 e. The number of carbonyl (C=O) groups is 1. The third-order valence-corrected chi connectivity index (χ3v) is 5.56. The van der Waals surface area contributed by atoms with E-state index >= 15 is 0 Å². The Hall–Kier alpha value is -3.45. The molecule has 0 fully saturated rings. The average molecular weight is 450 g/mol. The largest absolute Gasteiger partial charge is 0.352 e. The summed E-state index contributed by atoms with van der Waals surface area (Å²) in [6.07, 6.45) is 0.439. The summed E-state index contributed by atoms with van der Waals surface area (Å²) in [5.41, 5.74) is 4.07. The van der Waals surface area contributed by atoms with Crippen LogP contribution in [0.15, 0.2) is 59.4 Å². The number of aromatic nitrogens is 4. The Morgan fingerprint density at radius 2 is 1.81 bits per heavy atom. The second kappa shape index (κ2) is 9.36. The molecule has 1 amide bonds. The predicted molar refractivity (Wildman–Crippen MR) is 125 cm³/mol. The van der Waals surface area contributed by atoms with Crippen molar-refractivity contribution >= 4 is 28.7 Å². The number of halogens is 1. The topological polar surface area (TPSA) is 81.8 Å². The van der Waals surface area contributed by atoms with Gasteiger partial charge in [0.15, 0.2) is 5.65 Å². The Kier molecular flexibility index (Phi) is 6.37. The summed E-state index contributed by atoms with van der Waals surface area (Å²) in [6.45, 7) is 4.68. The standard InChI is InChI=1S/C24H24ClN5O2/c1-3-29-23-22(16(2)28-30(23)19-7-5-4-6-8-19)27-20(24(29)32)13-14-21(31)26-15-17-9-11-18(25)12-10-17/h4-12H,3,13-15H2,1-2H3,(H,26,31). The molecule has 2 aromatic heterocycles. The molecule has 4 aromatic rings. The maximum atomic E-state index is 13.1. The molecule has 0 aliphatic rings. The van der Waals surface area contributed by atoms with Crippen molar-refractivity contribution in [2.24, 2.45) is 0 Å². The second-order valence-electron chi connectivity index (χ2n) is 7.52. The third kappa shape index (κ3) is 4.43. The van der Waals surface area contributed by atoms with Crippen LogP contribution < -0.4 is 10.9 Å². The van der Waals surface area contributed by atoms with E-state index in [1.807, 2.05) is 56.3 Å². The van der Waals surface area contributed by atoms with E-state index in [1.165, 1.54) is 0 Å². The summed E-state index contributed by atoms with van der Waals surface area (Å²) in [5, 5.41) is 8.15. The fourth-order valence-corrected chi connectivity index (χ4v) is 3.77. The molecule has 32 heavy (non-hydrogen) atoms. The van der Waals surface area contributed by atoms with Gasteiger partial charge in [-0.25, -0.2) is 9.67 Å². The van der Waals surface area contributed by atoms with Crippen LogP contribution in [0.5, 0.6) is 0 Å². The number of rotatable bonds is 7. The van der Waals surface area contributed by atoms with Crippen molar-refractivity contribution in [2.75, 3.05) is 0 Å². The predicted octanol–water partition coefficient (Wildman–Crippen LogP) is 3.81. The van der Waals surface area contributed by atoms with Crippen LogP contribution in [0.3, 0.4) is 0 Å². The van der Waals surface area contributed by atoms with E-state index in [2.05, 4.69) is 15.4 Å². The first kappa shape index (κ1) is 21.8. The van der Waals surface area contributed by atoms with E-state index in [0.717, 1.165) is 16.9 Å². The smallest absolute Gasteiger partial charge is 0.273 e. The van der Waals surface area contributed by atoms with Crippen LogP contribution in [0, 0.1) is 6.92 Å². The minimum atomic E-state index is -0.192. The van der Waals surface area contributed by atoms with Crippen molar-refractivity contribution < 1.29 is 4.79 Å². The van der Waals surface area contributed by atoms with Crippen LogP contribution in [0.2, 0.25) is 5.02 Å². The fourth-order valence-electron chi connectivity index (χ4n) is 3.64. The van der Waals surface area contributed by atoms with Crippen LogP contribution >= 0.6 is 11.6 Å². The summed E-state index contributed by atoms with van der Waals surface area (Å²) in [4.78, 5) is 30.1. The zero-order chi connectivity index (χ0) is 22.7. The van der Waals surface area contributed by atoms with Crippen molar-refractivity contribution in [3.05, 3.63) is 86.9 Å². The molecule has 1 N–H and O–H groups in total. The quantitative estimate of drug-likeness (QED) is 0.465. The van der Waals surface area contributed by atoms with Gasteiger partial charge in [-0.2, -0.15) is 5.10 Å². The van der Waals surface area contributed by atoms with Gasteiger partial charge >= 0.3 is 0 Å². The number of carbonyl (C=O) groups excluding carboxylic acids is 1.